The summed E-state index contributed by atoms with van der Waals surface area (Å²) in [5, 5.41) is 12.4. The van der Waals surface area contributed by atoms with Gasteiger partial charge in [0.15, 0.2) is 0 Å². The minimum atomic E-state index is -0.518. The van der Waals surface area contributed by atoms with E-state index in [9.17, 15) is 4.39 Å². The van der Waals surface area contributed by atoms with Crippen molar-refractivity contribution < 1.29 is 4.39 Å². The number of benzene rings is 1. The van der Waals surface area contributed by atoms with Gasteiger partial charge in [0, 0.05) is 5.02 Å². The molecule has 0 amide bonds. The van der Waals surface area contributed by atoms with E-state index >= 15 is 0 Å². The van der Waals surface area contributed by atoms with Gasteiger partial charge in [0.25, 0.3) is 0 Å². The highest BCUT2D eigenvalue weighted by atomic mass is 35.5. The lowest BCUT2D eigenvalue weighted by Crippen LogP contribution is -2.24. The van der Waals surface area contributed by atoms with Gasteiger partial charge in [0.2, 0.25) is 0 Å². The van der Waals surface area contributed by atoms with Crippen molar-refractivity contribution in [1.29, 1.82) is 5.26 Å². The fourth-order valence-electron chi connectivity index (χ4n) is 1.33. The number of halogens is 2. The maximum atomic E-state index is 13.1. The monoisotopic (exact) mass is 240 g/mol. The lowest BCUT2D eigenvalue weighted by molar-refractivity contribution is 0.523. The summed E-state index contributed by atoms with van der Waals surface area (Å²) in [7, 11) is 0. The van der Waals surface area contributed by atoms with Crippen LogP contribution >= 0.6 is 11.6 Å². The number of hydrogen-bond acceptors (Lipinski definition) is 2. The molecule has 0 aliphatic rings. The molecule has 0 saturated carbocycles. The van der Waals surface area contributed by atoms with E-state index in [0.717, 1.165) is 0 Å². The van der Waals surface area contributed by atoms with Crippen molar-refractivity contribution in [2.45, 2.75) is 19.9 Å². The topological polar surface area (TPSA) is 35.8 Å². The number of nitrogens with zero attached hydrogens (tertiary/aromatic N) is 1. The number of nitrogens with one attached hydrogen (secondary N) is 1. The molecule has 86 valence electrons. The lowest BCUT2D eigenvalue weighted by atomic mass is 10.1. The Morgan fingerprint density at radius 1 is 1.44 bits per heavy atom. The van der Waals surface area contributed by atoms with Gasteiger partial charge >= 0.3 is 0 Å². The molecule has 0 radical (unpaired) electrons. The number of hydrogen-bond donors (Lipinski definition) is 1. The molecule has 0 fully saturated rings. The molecule has 1 aromatic rings. The predicted octanol–water partition coefficient (Wildman–Crippen LogP) is 3.29. The second kappa shape index (κ2) is 5.83. The highest BCUT2D eigenvalue weighted by Crippen LogP contribution is 2.19. The first kappa shape index (κ1) is 13.0. The van der Waals surface area contributed by atoms with Gasteiger partial charge in [-0.1, -0.05) is 25.4 Å². The third kappa shape index (κ3) is 3.80. The highest BCUT2D eigenvalue weighted by Gasteiger charge is 2.12. The molecular formula is C12H14ClFN2. The molecule has 0 saturated heterocycles. The van der Waals surface area contributed by atoms with E-state index in [0.29, 0.717) is 23.0 Å². The predicted molar refractivity (Wildman–Crippen MR) is 62.6 cm³/mol. The van der Waals surface area contributed by atoms with Crippen LogP contribution in [0.4, 0.5) is 4.39 Å². The molecular weight excluding hydrogens is 227 g/mol. The minimum absolute atomic E-state index is 0.307. The van der Waals surface area contributed by atoms with Crippen molar-refractivity contribution in [3.8, 4) is 6.07 Å². The summed E-state index contributed by atoms with van der Waals surface area (Å²) in [6.07, 6.45) is 0. The fraction of sp³-hybridized carbons (Fsp3) is 0.417. The average molecular weight is 241 g/mol. The van der Waals surface area contributed by atoms with E-state index in [1.165, 1.54) is 12.1 Å². The van der Waals surface area contributed by atoms with Gasteiger partial charge in [-0.25, -0.2) is 4.39 Å². The van der Waals surface area contributed by atoms with E-state index in [2.05, 4.69) is 11.4 Å². The van der Waals surface area contributed by atoms with Crippen molar-refractivity contribution in [3.63, 3.8) is 0 Å². The second-order valence-corrected chi connectivity index (χ2v) is 4.50. The third-order valence-corrected chi connectivity index (χ3v) is 2.30. The summed E-state index contributed by atoms with van der Waals surface area (Å²) in [6.45, 7) is 4.78. The van der Waals surface area contributed by atoms with E-state index in [-0.39, 0.29) is 0 Å². The fourth-order valence-corrected chi connectivity index (χ4v) is 1.56. The van der Waals surface area contributed by atoms with Gasteiger partial charge in [-0.3, -0.25) is 5.32 Å². The smallest absolute Gasteiger partial charge is 0.125 e. The zero-order chi connectivity index (χ0) is 12.1. The summed E-state index contributed by atoms with van der Waals surface area (Å²) < 4.78 is 13.1. The van der Waals surface area contributed by atoms with Crippen LogP contribution in [0.5, 0.6) is 0 Å². The molecule has 1 aromatic carbocycles. The van der Waals surface area contributed by atoms with Crippen molar-refractivity contribution in [1.82, 2.24) is 5.32 Å². The van der Waals surface area contributed by atoms with E-state index in [1.54, 1.807) is 6.07 Å². The van der Waals surface area contributed by atoms with Crippen molar-refractivity contribution >= 4 is 11.6 Å². The Hall–Kier alpha value is -1.11. The van der Waals surface area contributed by atoms with Crippen molar-refractivity contribution in [2.24, 2.45) is 5.92 Å². The molecule has 0 heterocycles. The first-order valence-electron chi connectivity index (χ1n) is 5.12. The minimum Gasteiger partial charge on any atom is -0.298 e. The maximum absolute atomic E-state index is 13.1. The number of rotatable bonds is 4. The molecule has 0 spiro atoms. The zero-order valence-corrected chi connectivity index (χ0v) is 10.1. The summed E-state index contributed by atoms with van der Waals surface area (Å²) in [5.74, 6) is 0.00831. The lowest BCUT2D eigenvalue weighted by Gasteiger charge is -2.14. The van der Waals surface area contributed by atoms with E-state index < -0.39 is 11.9 Å². The Morgan fingerprint density at radius 3 is 2.62 bits per heavy atom. The van der Waals surface area contributed by atoms with Crippen LogP contribution in [0.25, 0.3) is 0 Å². The summed E-state index contributed by atoms with van der Waals surface area (Å²) in [4.78, 5) is 0. The van der Waals surface area contributed by atoms with Gasteiger partial charge in [-0.2, -0.15) is 5.26 Å². The first-order valence-corrected chi connectivity index (χ1v) is 5.49. The molecule has 1 atom stereocenters. The Labute approximate surface area is 100 Å². The van der Waals surface area contributed by atoms with Crippen LogP contribution in [-0.4, -0.2) is 6.54 Å². The molecule has 0 aromatic heterocycles. The largest absolute Gasteiger partial charge is 0.298 e. The second-order valence-electron chi connectivity index (χ2n) is 4.07. The summed E-state index contributed by atoms with van der Waals surface area (Å²) >= 11 is 5.74. The molecule has 0 aliphatic heterocycles. The van der Waals surface area contributed by atoms with E-state index in [4.69, 9.17) is 16.9 Å². The van der Waals surface area contributed by atoms with Crippen LogP contribution in [-0.2, 0) is 0 Å². The van der Waals surface area contributed by atoms with Gasteiger partial charge in [-0.05, 0) is 36.2 Å². The summed E-state index contributed by atoms with van der Waals surface area (Å²) in [5.41, 5.74) is 0.563. The third-order valence-electron chi connectivity index (χ3n) is 2.08. The Balaban J connectivity index is 2.83. The van der Waals surface area contributed by atoms with Crippen LogP contribution in [0.1, 0.15) is 25.5 Å². The molecule has 1 unspecified atom stereocenters. The Morgan fingerprint density at radius 2 is 2.12 bits per heavy atom. The summed E-state index contributed by atoms with van der Waals surface area (Å²) in [6, 6.07) is 5.73. The molecule has 2 nitrogen and oxygen atoms in total. The Bertz CT molecular complexity index is 378. The van der Waals surface area contributed by atoms with Gasteiger partial charge in [-0.15, -0.1) is 0 Å². The van der Waals surface area contributed by atoms with Crippen LogP contribution in [0.3, 0.4) is 0 Å². The van der Waals surface area contributed by atoms with Crippen LogP contribution in [0.15, 0.2) is 18.2 Å². The van der Waals surface area contributed by atoms with Gasteiger partial charge in [0.05, 0.1) is 6.07 Å². The van der Waals surface area contributed by atoms with Crippen LogP contribution in [0, 0.1) is 23.1 Å². The molecule has 0 aliphatic carbocycles. The van der Waals surface area contributed by atoms with E-state index in [1.807, 2.05) is 13.8 Å². The van der Waals surface area contributed by atoms with Gasteiger partial charge < -0.3 is 0 Å². The highest BCUT2D eigenvalue weighted by molar-refractivity contribution is 6.30. The van der Waals surface area contributed by atoms with Crippen molar-refractivity contribution in [2.75, 3.05) is 6.54 Å². The zero-order valence-electron chi connectivity index (χ0n) is 9.30. The Kier molecular flexibility index (Phi) is 4.72. The molecule has 1 rings (SSSR count). The molecule has 1 N–H and O–H groups in total. The maximum Gasteiger partial charge on any atom is 0.125 e. The standard InChI is InChI=1S/C12H14ClFN2/c1-8(2)7-16-12(6-15)9-3-10(13)5-11(14)4-9/h3-5,8,12,16H,7H2,1-2H3. The van der Waals surface area contributed by atoms with Crippen LogP contribution < -0.4 is 5.32 Å². The van der Waals surface area contributed by atoms with Crippen LogP contribution in [0.2, 0.25) is 5.02 Å². The number of nitriles is 1. The SMILES string of the molecule is CC(C)CNC(C#N)c1cc(F)cc(Cl)c1. The quantitative estimate of drug-likeness (QED) is 0.877. The molecule has 16 heavy (non-hydrogen) atoms. The van der Waals surface area contributed by atoms with Crippen molar-refractivity contribution in [3.05, 3.63) is 34.6 Å². The molecule has 0 bridgehead atoms. The average Bonchev–Trinajstić information content (AvgIpc) is 2.16. The normalized spacial score (nSPS) is 12.5. The first-order chi connectivity index (χ1) is 7.52. The molecule has 4 heteroatoms. The van der Waals surface area contributed by atoms with Gasteiger partial charge in [0.1, 0.15) is 11.9 Å².